The Labute approximate surface area is 157 Å². The smallest absolute Gasteiger partial charge is 0.259 e. The van der Waals surface area contributed by atoms with Crippen LogP contribution in [0.1, 0.15) is 21.5 Å². The Morgan fingerprint density at radius 2 is 1.78 bits per heavy atom. The maximum Gasteiger partial charge on any atom is 0.259 e. The first-order chi connectivity index (χ1) is 13.2. The zero-order chi connectivity index (χ0) is 18.6. The van der Waals surface area contributed by atoms with E-state index in [2.05, 4.69) is 10.6 Å². The summed E-state index contributed by atoms with van der Waals surface area (Å²) in [5.74, 6) is 0.237. The van der Waals surface area contributed by atoms with Crippen LogP contribution in [-0.2, 0) is 17.8 Å². The number of para-hydroxylation sites is 1. The first-order valence-electron chi connectivity index (χ1n) is 8.69. The standard InChI is InChI=1S/C22H18N2O3/c25-21-13-16-12-17(10-11-19(16)24-21)23-22(26)18-8-4-5-9-20(18)27-14-15-6-2-1-3-7-15/h1-12H,13-14H2,(H,23,26)(H,24,25). The quantitative estimate of drug-likeness (QED) is 0.724. The van der Waals surface area contributed by atoms with Gasteiger partial charge < -0.3 is 15.4 Å². The lowest BCUT2D eigenvalue weighted by Gasteiger charge is -2.12. The van der Waals surface area contributed by atoms with Gasteiger partial charge in [-0.3, -0.25) is 9.59 Å². The van der Waals surface area contributed by atoms with E-state index in [-0.39, 0.29) is 11.8 Å². The molecule has 0 aromatic heterocycles. The number of benzene rings is 3. The van der Waals surface area contributed by atoms with E-state index in [0.717, 1.165) is 16.8 Å². The average Bonchev–Trinajstić information content (AvgIpc) is 3.06. The molecule has 2 N–H and O–H groups in total. The van der Waals surface area contributed by atoms with Gasteiger partial charge in [0.25, 0.3) is 5.91 Å². The van der Waals surface area contributed by atoms with Crippen molar-refractivity contribution in [3.05, 3.63) is 89.5 Å². The summed E-state index contributed by atoms with van der Waals surface area (Å²) in [4.78, 5) is 24.2. The van der Waals surface area contributed by atoms with Crippen LogP contribution in [0.15, 0.2) is 72.8 Å². The van der Waals surface area contributed by atoms with Crippen LogP contribution in [-0.4, -0.2) is 11.8 Å². The maximum absolute atomic E-state index is 12.7. The van der Waals surface area contributed by atoms with Crippen LogP contribution in [0, 0.1) is 0 Å². The van der Waals surface area contributed by atoms with Gasteiger partial charge in [0.05, 0.1) is 12.0 Å². The first-order valence-corrected chi connectivity index (χ1v) is 8.69. The van der Waals surface area contributed by atoms with Crippen LogP contribution in [0.25, 0.3) is 0 Å². The summed E-state index contributed by atoms with van der Waals surface area (Å²) in [5.41, 5.74) is 3.82. The Kier molecular flexibility index (Phi) is 4.58. The summed E-state index contributed by atoms with van der Waals surface area (Å²) in [6.07, 6.45) is 0.329. The molecule has 0 fully saturated rings. The second kappa shape index (κ2) is 7.33. The summed E-state index contributed by atoms with van der Waals surface area (Å²) in [6, 6.07) is 22.3. The second-order valence-electron chi connectivity index (χ2n) is 6.32. The number of hydrogen-bond donors (Lipinski definition) is 2. The van der Waals surface area contributed by atoms with Crippen LogP contribution < -0.4 is 15.4 Å². The van der Waals surface area contributed by atoms with E-state index in [0.29, 0.717) is 30.0 Å². The van der Waals surface area contributed by atoms with Crippen molar-refractivity contribution in [1.82, 2.24) is 0 Å². The highest BCUT2D eigenvalue weighted by molar-refractivity contribution is 6.07. The molecule has 3 aromatic rings. The molecule has 0 atom stereocenters. The lowest BCUT2D eigenvalue weighted by Crippen LogP contribution is -2.13. The molecule has 0 saturated carbocycles. The third-order valence-electron chi connectivity index (χ3n) is 4.36. The van der Waals surface area contributed by atoms with Gasteiger partial charge in [0.15, 0.2) is 0 Å². The van der Waals surface area contributed by atoms with Crippen LogP contribution in [0.4, 0.5) is 11.4 Å². The van der Waals surface area contributed by atoms with Crippen molar-refractivity contribution in [3.63, 3.8) is 0 Å². The molecule has 0 unspecified atom stereocenters. The Hall–Kier alpha value is -3.60. The molecule has 1 aliphatic rings. The molecule has 3 aromatic carbocycles. The number of nitrogens with one attached hydrogen (secondary N) is 2. The highest BCUT2D eigenvalue weighted by atomic mass is 16.5. The molecule has 1 aliphatic heterocycles. The average molecular weight is 358 g/mol. The summed E-state index contributed by atoms with van der Waals surface area (Å²) >= 11 is 0. The summed E-state index contributed by atoms with van der Waals surface area (Å²) in [7, 11) is 0. The van der Waals surface area contributed by atoms with Gasteiger partial charge in [-0.1, -0.05) is 42.5 Å². The number of ether oxygens (including phenoxy) is 1. The third-order valence-corrected chi connectivity index (χ3v) is 4.36. The fraction of sp³-hybridized carbons (Fsp3) is 0.0909. The van der Waals surface area contributed by atoms with Crippen LogP contribution >= 0.6 is 0 Å². The number of rotatable bonds is 5. The molecule has 0 bridgehead atoms. The molecule has 0 saturated heterocycles. The van der Waals surface area contributed by atoms with Crippen LogP contribution in [0.2, 0.25) is 0 Å². The Morgan fingerprint density at radius 1 is 1.00 bits per heavy atom. The Bertz CT molecular complexity index is 999. The van der Waals surface area contributed by atoms with Gasteiger partial charge in [-0.2, -0.15) is 0 Å². The topological polar surface area (TPSA) is 67.4 Å². The molecule has 134 valence electrons. The minimum Gasteiger partial charge on any atom is -0.488 e. The Balaban J connectivity index is 1.49. The lowest BCUT2D eigenvalue weighted by molar-refractivity contribution is -0.115. The minimum absolute atomic E-state index is 0.0341. The predicted molar refractivity (Wildman–Crippen MR) is 104 cm³/mol. The fourth-order valence-electron chi connectivity index (χ4n) is 3.02. The van der Waals surface area contributed by atoms with Gasteiger partial charge in [-0.05, 0) is 41.5 Å². The SMILES string of the molecule is O=C1Cc2cc(NC(=O)c3ccccc3OCc3ccccc3)ccc2N1. The first kappa shape index (κ1) is 16.8. The van der Waals surface area contributed by atoms with E-state index in [4.69, 9.17) is 4.74 Å². The third kappa shape index (κ3) is 3.82. The van der Waals surface area contributed by atoms with Crippen molar-refractivity contribution < 1.29 is 14.3 Å². The molecule has 1 heterocycles. The van der Waals surface area contributed by atoms with E-state index in [1.54, 1.807) is 30.3 Å². The number of amides is 2. The van der Waals surface area contributed by atoms with E-state index < -0.39 is 0 Å². The predicted octanol–water partition coefficient (Wildman–Crippen LogP) is 4.01. The van der Waals surface area contributed by atoms with Crippen molar-refractivity contribution in [3.8, 4) is 5.75 Å². The van der Waals surface area contributed by atoms with Crippen molar-refractivity contribution in [2.75, 3.05) is 10.6 Å². The molecular weight excluding hydrogens is 340 g/mol. The summed E-state index contributed by atoms with van der Waals surface area (Å²) in [5, 5.41) is 5.66. The van der Waals surface area contributed by atoms with Crippen molar-refractivity contribution in [1.29, 1.82) is 0 Å². The molecule has 2 amide bonds. The Morgan fingerprint density at radius 3 is 2.63 bits per heavy atom. The molecular formula is C22H18N2O3. The van der Waals surface area contributed by atoms with Crippen molar-refractivity contribution >= 4 is 23.2 Å². The number of fused-ring (bicyclic) bond motifs is 1. The number of hydrogen-bond acceptors (Lipinski definition) is 3. The van der Waals surface area contributed by atoms with Crippen molar-refractivity contribution in [2.45, 2.75) is 13.0 Å². The monoisotopic (exact) mass is 358 g/mol. The van der Waals surface area contributed by atoms with Gasteiger partial charge in [0, 0.05) is 11.4 Å². The number of anilines is 2. The second-order valence-corrected chi connectivity index (χ2v) is 6.32. The van der Waals surface area contributed by atoms with Gasteiger partial charge in [0.2, 0.25) is 5.91 Å². The maximum atomic E-state index is 12.7. The van der Waals surface area contributed by atoms with Gasteiger partial charge in [0.1, 0.15) is 12.4 Å². The van der Waals surface area contributed by atoms with E-state index >= 15 is 0 Å². The van der Waals surface area contributed by atoms with Gasteiger partial charge in [-0.15, -0.1) is 0 Å². The zero-order valence-electron chi connectivity index (χ0n) is 14.6. The lowest BCUT2D eigenvalue weighted by atomic mass is 10.1. The normalized spacial score (nSPS) is 12.2. The summed E-state index contributed by atoms with van der Waals surface area (Å²) < 4.78 is 5.85. The molecule has 4 rings (SSSR count). The largest absolute Gasteiger partial charge is 0.488 e. The fourth-order valence-corrected chi connectivity index (χ4v) is 3.02. The van der Waals surface area contributed by atoms with Crippen molar-refractivity contribution in [2.24, 2.45) is 0 Å². The highest BCUT2D eigenvalue weighted by Crippen LogP contribution is 2.27. The number of carbonyl (C=O) groups is 2. The minimum atomic E-state index is -0.254. The zero-order valence-corrected chi connectivity index (χ0v) is 14.6. The highest BCUT2D eigenvalue weighted by Gasteiger charge is 2.19. The summed E-state index contributed by atoms with van der Waals surface area (Å²) in [6.45, 7) is 0.387. The number of carbonyl (C=O) groups excluding carboxylic acids is 2. The van der Waals surface area contributed by atoms with Gasteiger partial charge in [-0.25, -0.2) is 0 Å². The van der Waals surface area contributed by atoms with E-state index in [9.17, 15) is 9.59 Å². The molecule has 0 radical (unpaired) electrons. The molecule has 5 nitrogen and oxygen atoms in total. The van der Waals surface area contributed by atoms with Gasteiger partial charge >= 0.3 is 0 Å². The molecule has 0 aliphatic carbocycles. The van der Waals surface area contributed by atoms with Crippen LogP contribution in [0.3, 0.4) is 0 Å². The van der Waals surface area contributed by atoms with E-state index in [1.807, 2.05) is 42.5 Å². The molecule has 0 spiro atoms. The molecule has 27 heavy (non-hydrogen) atoms. The van der Waals surface area contributed by atoms with E-state index in [1.165, 1.54) is 0 Å². The molecule has 5 heteroatoms. The van der Waals surface area contributed by atoms with Crippen LogP contribution in [0.5, 0.6) is 5.75 Å².